The summed E-state index contributed by atoms with van der Waals surface area (Å²) in [5, 5.41) is 5.15. The number of hydrogen-bond donors (Lipinski definition) is 3. The van der Waals surface area contributed by atoms with Gasteiger partial charge in [-0.1, -0.05) is 24.3 Å². The van der Waals surface area contributed by atoms with Crippen LogP contribution in [0.25, 0.3) is 0 Å². The molecule has 30 heavy (non-hydrogen) atoms. The average molecular weight is 412 g/mol. The van der Waals surface area contributed by atoms with Gasteiger partial charge in [-0.15, -0.1) is 0 Å². The fraction of sp³-hybridized carbons (Fsp3) is 0.238. The zero-order chi connectivity index (χ0) is 21.7. The lowest BCUT2D eigenvalue weighted by atomic mass is 10.1. The van der Waals surface area contributed by atoms with Crippen LogP contribution in [0.1, 0.15) is 22.3 Å². The Labute approximate surface area is 172 Å². The van der Waals surface area contributed by atoms with Gasteiger partial charge in [0, 0.05) is 25.1 Å². The van der Waals surface area contributed by atoms with Crippen LogP contribution in [0, 0.1) is 11.7 Å². The van der Waals surface area contributed by atoms with Crippen molar-refractivity contribution in [2.75, 3.05) is 18.0 Å². The van der Waals surface area contributed by atoms with Crippen molar-refractivity contribution < 1.29 is 23.6 Å². The Kier molecular flexibility index (Phi) is 6.41. The standard InChI is InChI=1S/C21H21FN4O4/c22-16-3-1-2-4-17(16)26-12-15(9-19(26)28)21(30)24-10-13-5-7-14(8-6-13)20(29)25-11-18(23)27/h1-8,15H,9-12H2,(H2,23,27)(H,24,30)(H,25,29). The quantitative estimate of drug-likeness (QED) is 0.620. The Hall–Kier alpha value is -3.75. The molecular weight excluding hydrogens is 391 g/mol. The van der Waals surface area contributed by atoms with Crippen LogP contribution in [-0.2, 0) is 20.9 Å². The Morgan fingerprint density at radius 3 is 2.43 bits per heavy atom. The smallest absolute Gasteiger partial charge is 0.251 e. The highest BCUT2D eigenvalue weighted by Crippen LogP contribution is 2.27. The lowest BCUT2D eigenvalue weighted by molar-refractivity contribution is -0.126. The lowest BCUT2D eigenvalue weighted by Crippen LogP contribution is -2.33. The zero-order valence-electron chi connectivity index (χ0n) is 16.1. The van der Waals surface area contributed by atoms with Gasteiger partial charge in [0.05, 0.1) is 18.2 Å². The van der Waals surface area contributed by atoms with Gasteiger partial charge in [0.1, 0.15) is 5.82 Å². The molecule has 0 aromatic heterocycles. The molecule has 0 radical (unpaired) electrons. The van der Waals surface area contributed by atoms with Crippen LogP contribution >= 0.6 is 0 Å². The van der Waals surface area contributed by atoms with Crippen LogP contribution in [0.4, 0.5) is 10.1 Å². The molecule has 4 amide bonds. The Morgan fingerprint density at radius 2 is 1.77 bits per heavy atom. The van der Waals surface area contributed by atoms with Gasteiger partial charge in [0.15, 0.2) is 0 Å². The minimum Gasteiger partial charge on any atom is -0.368 e. The van der Waals surface area contributed by atoms with Crippen molar-refractivity contribution >= 4 is 29.3 Å². The van der Waals surface area contributed by atoms with Gasteiger partial charge >= 0.3 is 0 Å². The largest absolute Gasteiger partial charge is 0.368 e. The molecule has 4 N–H and O–H groups in total. The van der Waals surface area contributed by atoms with Crippen molar-refractivity contribution in [2.24, 2.45) is 11.7 Å². The number of para-hydroxylation sites is 1. The molecule has 1 fully saturated rings. The minimum absolute atomic E-state index is 0.0130. The summed E-state index contributed by atoms with van der Waals surface area (Å²) >= 11 is 0. The highest BCUT2D eigenvalue weighted by atomic mass is 19.1. The highest BCUT2D eigenvalue weighted by Gasteiger charge is 2.35. The fourth-order valence-electron chi connectivity index (χ4n) is 3.16. The Bertz CT molecular complexity index is 977. The second-order valence-corrected chi connectivity index (χ2v) is 6.92. The number of amides is 4. The van der Waals surface area contributed by atoms with Gasteiger partial charge < -0.3 is 21.3 Å². The molecular formula is C21H21FN4O4. The molecule has 1 aliphatic rings. The molecule has 2 aromatic rings. The maximum Gasteiger partial charge on any atom is 0.251 e. The molecule has 0 saturated carbocycles. The van der Waals surface area contributed by atoms with Crippen molar-refractivity contribution in [1.29, 1.82) is 0 Å². The Morgan fingerprint density at radius 1 is 1.07 bits per heavy atom. The average Bonchev–Trinajstić information content (AvgIpc) is 3.12. The second-order valence-electron chi connectivity index (χ2n) is 6.92. The highest BCUT2D eigenvalue weighted by molar-refractivity contribution is 6.00. The van der Waals surface area contributed by atoms with Crippen LogP contribution in [0.2, 0.25) is 0 Å². The number of primary amides is 1. The van der Waals surface area contributed by atoms with E-state index in [0.717, 1.165) is 5.56 Å². The lowest BCUT2D eigenvalue weighted by Gasteiger charge is -2.17. The molecule has 1 atom stereocenters. The molecule has 156 valence electrons. The number of nitrogens with zero attached hydrogens (tertiary/aromatic N) is 1. The van der Waals surface area contributed by atoms with E-state index in [1.807, 2.05) is 0 Å². The molecule has 1 saturated heterocycles. The van der Waals surface area contributed by atoms with E-state index in [1.165, 1.54) is 23.1 Å². The van der Waals surface area contributed by atoms with Crippen LogP contribution in [0.3, 0.4) is 0 Å². The van der Waals surface area contributed by atoms with E-state index >= 15 is 0 Å². The number of halogens is 1. The Balaban J connectivity index is 1.53. The molecule has 3 rings (SSSR count). The van der Waals surface area contributed by atoms with Gasteiger partial charge in [0.25, 0.3) is 5.91 Å². The third kappa shape index (κ3) is 4.99. The van der Waals surface area contributed by atoms with Gasteiger partial charge in [-0.25, -0.2) is 4.39 Å². The number of nitrogens with one attached hydrogen (secondary N) is 2. The second kappa shape index (κ2) is 9.17. The summed E-state index contributed by atoms with van der Waals surface area (Å²) in [6.07, 6.45) is 0.0130. The summed E-state index contributed by atoms with van der Waals surface area (Å²) in [4.78, 5) is 48.5. The fourth-order valence-corrected chi connectivity index (χ4v) is 3.16. The number of rotatable bonds is 7. The van der Waals surface area contributed by atoms with Gasteiger partial charge in [-0.3, -0.25) is 19.2 Å². The minimum atomic E-state index is -0.637. The number of carbonyl (C=O) groups is 4. The number of benzene rings is 2. The summed E-state index contributed by atoms with van der Waals surface area (Å²) in [6.45, 7) is 0.0810. The number of nitrogens with two attached hydrogens (primary N) is 1. The first kappa shape index (κ1) is 21.0. The summed E-state index contributed by atoms with van der Waals surface area (Å²) < 4.78 is 13.9. The zero-order valence-corrected chi connectivity index (χ0v) is 16.1. The molecule has 8 nitrogen and oxygen atoms in total. The summed E-state index contributed by atoms with van der Waals surface area (Å²) in [5.74, 6) is -2.75. The maximum absolute atomic E-state index is 13.9. The van der Waals surface area contributed by atoms with Crippen LogP contribution in [0.5, 0.6) is 0 Å². The molecule has 1 heterocycles. The normalized spacial score (nSPS) is 15.7. The van der Waals surface area contributed by atoms with Gasteiger partial charge in [-0.05, 0) is 29.8 Å². The predicted molar refractivity (Wildman–Crippen MR) is 107 cm³/mol. The van der Waals surface area contributed by atoms with E-state index in [0.29, 0.717) is 5.56 Å². The SMILES string of the molecule is NC(=O)CNC(=O)c1ccc(CNC(=O)C2CC(=O)N(c3ccccc3F)C2)cc1. The number of anilines is 1. The first-order valence-electron chi connectivity index (χ1n) is 9.33. The molecule has 9 heteroatoms. The van der Waals surface area contributed by atoms with Crippen molar-refractivity contribution in [1.82, 2.24) is 10.6 Å². The molecule has 1 aliphatic heterocycles. The van der Waals surface area contributed by atoms with E-state index in [-0.39, 0.29) is 43.6 Å². The number of hydrogen-bond acceptors (Lipinski definition) is 4. The maximum atomic E-state index is 13.9. The topological polar surface area (TPSA) is 122 Å². The van der Waals surface area contributed by atoms with E-state index in [9.17, 15) is 23.6 Å². The molecule has 0 bridgehead atoms. The van der Waals surface area contributed by atoms with Crippen LogP contribution < -0.4 is 21.3 Å². The monoisotopic (exact) mass is 412 g/mol. The van der Waals surface area contributed by atoms with E-state index < -0.39 is 23.5 Å². The van der Waals surface area contributed by atoms with E-state index in [4.69, 9.17) is 5.73 Å². The van der Waals surface area contributed by atoms with Gasteiger partial charge in [-0.2, -0.15) is 0 Å². The molecule has 0 aliphatic carbocycles. The van der Waals surface area contributed by atoms with Crippen molar-refractivity contribution in [2.45, 2.75) is 13.0 Å². The first-order valence-corrected chi connectivity index (χ1v) is 9.33. The summed E-state index contributed by atoms with van der Waals surface area (Å²) in [6, 6.07) is 12.4. The first-order chi connectivity index (χ1) is 14.3. The molecule has 2 aromatic carbocycles. The van der Waals surface area contributed by atoms with Crippen molar-refractivity contribution in [3.8, 4) is 0 Å². The van der Waals surface area contributed by atoms with Crippen molar-refractivity contribution in [3.05, 3.63) is 65.5 Å². The molecule has 0 spiro atoms. The van der Waals surface area contributed by atoms with Crippen LogP contribution in [-0.4, -0.2) is 36.7 Å². The van der Waals surface area contributed by atoms with Crippen LogP contribution in [0.15, 0.2) is 48.5 Å². The van der Waals surface area contributed by atoms with Crippen molar-refractivity contribution in [3.63, 3.8) is 0 Å². The third-order valence-corrected chi connectivity index (χ3v) is 4.75. The van der Waals surface area contributed by atoms with E-state index in [1.54, 1.807) is 30.3 Å². The predicted octanol–water partition coefficient (Wildman–Crippen LogP) is 0.710. The molecule has 1 unspecified atom stereocenters. The summed E-state index contributed by atoms with van der Waals surface area (Å²) in [7, 11) is 0. The number of carbonyl (C=O) groups excluding carboxylic acids is 4. The summed E-state index contributed by atoms with van der Waals surface area (Å²) in [5.41, 5.74) is 6.26. The van der Waals surface area contributed by atoms with Gasteiger partial charge in [0.2, 0.25) is 17.7 Å². The third-order valence-electron chi connectivity index (χ3n) is 4.75. The van der Waals surface area contributed by atoms with E-state index in [2.05, 4.69) is 10.6 Å².